The van der Waals surface area contributed by atoms with Crippen LogP contribution in [0, 0.1) is 5.92 Å². The molecule has 0 aliphatic rings. The fourth-order valence-electron chi connectivity index (χ4n) is 2.19. The highest BCUT2D eigenvalue weighted by atomic mass is 79.9. The van der Waals surface area contributed by atoms with Gasteiger partial charge < -0.3 is 10.6 Å². The van der Waals surface area contributed by atoms with E-state index in [1.165, 1.54) is 0 Å². The lowest BCUT2D eigenvalue weighted by molar-refractivity contribution is -0.135. The molecular weight excluding hydrogens is 316 g/mol. The van der Waals surface area contributed by atoms with Crippen molar-refractivity contribution >= 4 is 21.8 Å². The Bertz CT molecular complexity index is 448. The highest BCUT2D eigenvalue weighted by Crippen LogP contribution is 2.28. The molecule has 0 radical (unpaired) electrons. The number of benzene rings is 1. The molecule has 0 aromatic heterocycles. The molecule has 3 nitrogen and oxygen atoms in total. The fraction of sp³-hybridized carbons (Fsp3) is 0.562. The van der Waals surface area contributed by atoms with Crippen molar-refractivity contribution in [3.63, 3.8) is 0 Å². The number of nitrogens with zero attached hydrogens (tertiary/aromatic N) is 1. The third kappa shape index (κ3) is 4.06. The van der Waals surface area contributed by atoms with Gasteiger partial charge in [0.2, 0.25) is 5.91 Å². The average Bonchev–Trinajstić information content (AvgIpc) is 2.43. The Kier molecular flexibility index (Phi) is 6.69. The van der Waals surface area contributed by atoms with E-state index in [1.54, 1.807) is 0 Å². The first-order valence-corrected chi connectivity index (χ1v) is 7.99. The molecule has 0 fully saturated rings. The molecule has 112 valence electrons. The Balaban J connectivity index is 3.02. The van der Waals surface area contributed by atoms with Gasteiger partial charge in [0.15, 0.2) is 0 Å². The van der Waals surface area contributed by atoms with Crippen LogP contribution in [-0.4, -0.2) is 23.4 Å². The number of hydrogen-bond donors (Lipinski definition) is 1. The lowest BCUT2D eigenvalue weighted by atomic mass is 10.0. The molecular formula is C16H25BrN2O. The number of rotatable bonds is 6. The lowest BCUT2D eigenvalue weighted by Crippen LogP contribution is -2.47. The summed E-state index contributed by atoms with van der Waals surface area (Å²) in [5.41, 5.74) is 7.16. The first-order valence-electron chi connectivity index (χ1n) is 7.20. The summed E-state index contributed by atoms with van der Waals surface area (Å²) in [6, 6.07) is 7.60. The van der Waals surface area contributed by atoms with Crippen LogP contribution in [0.4, 0.5) is 0 Å². The molecule has 20 heavy (non-hydrogen) atoms. The quantitative estimate of drug-likeness (QED) is 0.857. The van der Waals surface area contributed by atoms with Gasteiger partial charge in [-0.05, 0) is 30.9 Å². The Morgan fingerprint density at radius 3 is 2.40 bits per heavy atom. The van der Waals surface area contributed by atoms with E-state index in [9.17, 15) is 4.79 Å². The first-order chi connectivity index (χ1) is 9.40. The lowest BCUT2D eigenvalue weighted by Gasteiger charge is -2.33. The molecule has 1 aromatic rings. The van der Waals surface area contributed by atoms with Crippen molar-refractivity contribution in [2.75, 3.05) is 6.54 Å². The zero-order valence-electron chi connectivity index (χ0n) is 12.8. The van der Waals surface area contributed by atoms with Crippen LogP contribution in [0.2, 0.25) is 0 Å². The van der Waals surface area contributed by atoms with Crippen molar-refractivity contribution in [3.8, 4) is 0 Å². The van der Waals surface area contributed by atoms with Crippen molar-refractivity contribution in [1.82, 2.24) is 4.90 Å². The summed E-state index contributed by atoms with van der Waals surface area (Å²) in [5, 5.41) is 0. The van der Waals surface area contributed by atoms with Crippen LogP contribution in [0.25, 0.3) is 0 Å². The van der Waals surface area contributed by atoms with Crippen molar-refractivity contribution in [1.29, 1.82) is 0 Å². The molecule has 0 aliphatic carbocycles. The zero-order valence-corrected chi connectivity index (χ0v) is 14.4. The minimum absolute atomic E-state index is 0.0165. The van der Waals surface area contributed by atoms with Gasteiger partial charge in [0.1, 0.15) is 0 Å². The molecule has 0 saturated carbocycles. The molecule has 2 atom stereocenters. The Morgan fingerprint density at radius 1 is 1.30 bits per heavy atom. The van der Waals surface area contributed by atoms with E-state index in [4.69, 9.17) is 5.73 Å². The maximum absolute atomic E-state index is 12.6. The van der Waals surface area contributed by atoms with Gasteiger partial charge in [-0.25, -0.2) is 0 Å². The second-order valence-electron chi connectivity index (χ2n) is 5.50. The molecule has 2 N–H and O–H groups in total. The monoisotopic (exact) mass is 340 g/mol. The second-order valence-corrected chi connectivity index (χ2v) is 6.35. The van der Waals surface area contributed by atoms with Gasteiger partial charge >= 0.3 is 0 Å². The minimum Gasteiger partial charge on any atom is -0.335 e. The van der Waals surface area contributed by atoms with Crippen molar-refractivity contribution in [2.45, 2.75) is 46.2 Å². The Hall–Kier alpha value is -0.870. The highest BCUT2D eigenvalue weighted by molar-refractivity contribution is 9.10. The van der Waals surface area contributed by atoms with Crippen molar-refractivity contribution in [2.24, 2.45) is 11.7 Å². The van der Waals surface area contributed by atoms with Crippen LogP contribution in [0.15, 0.2) is 28.7 Å². The zero-order chi connectivity index (χ0) is 15.3. The van der Waals surface area contributed by atoms with E-state index in [0.29, 0.717) is 0 Å². The van der Waals surface area contributed by atoms with Gasteiger partial charge in [-0.15, -0.1) is 0 Å². The van der Waals surface area contributed by atoms with E-state index in [2.05, 4.69) is 29.8 Å². The predicted molar refractivity (Wildman–Crippen MR) is 87.4 cm³/mol. The number of carbonyl (C=O) groups excluding carboxylic acids is 1. The van der Waals surface area contributed by atoms with E-state index >= 15 is 0 Å². The molecule has 0 saturated heterocycles. The molecule has 0 spiro atoms. The number of halogens is 1. The SMILES string of the molecule is CCCN(C(=O)C(N)C(C)C)C(C)c1ccccc1Br. The number of carbonyl (C=O) groups is 1. The van der Waals surface area contributed by atoms with Gasteiger partial charge in [-0.3, -0.25) is 4.79 Å². The summed E-state index contributed by atoms with van der Waals surface area (Å²) >= 11 is 3.56. The fourth-order valence-corrected chi connectivity index (χ4v) is 2.81. The standard InChI is InChI=1S/C16H25BrN2O/c1-5-10-19(16(20)15(18)11(2)3)12(4)13-8-6-7-9-14(13)17/h6-9,11-12,15H,5,10,18H2,1-4H3. The molecule has 0 aliphatic heterocycles. The predicted octanol–water partition coefficient (Wildman–Crippen LogP) is 3.73. The summed E-state index contributed by atoms with van der Waals surface area (Å²) in [4.78, 5) is 14.5. The van der Waals surface area contributed by atoms with Crippen LogP contribution in [0.3, 0.4) is 0 Å². The van der Waals surface area contributed by atoms with Gasteiger partial charge in [0.25, 0.3) is 0 Å². The maximum Gasteiger partial charge on any atom is 0.240 e. The summed E-state index contributed by atoms with van der Waals surface area (Å²) < 4.78 is 1.03. The van der Waals surface area contributed by atoms with Crippen molar-refractivity contribution < 1.29 is 4.79 Å². The van der Waals surface area contributed by atoms with Gasteiger partial charge in [-0.1, -0.05) is 54.9 Å². The molecule has 1 amide bonds. The van der Waals surface area contributed by atoms with Gasteiger partial charge in [0, 0.05) is 11.0 Å². The highest BCUT2D eigenvalue weighted by Gasteiger charge is 2.27. The second kappa shape index (κ2) is 7.79. The van der Waals surface area contributed by atoms with Gasteiger partial charge in [0.05, 0.1) is 12.1 Å². The Labute approximate surface area is 130 Å². The van der Waals surface area contributed by atoms with Gasteiger partial charge in [-0.2, -0.15) is 0 Å². The number of amides is 1. The van der Waals surface area contributed by atoms with E-state index in [-0.39, 0.29) is 17.9 Å². The maximum atomic E-state index is 12.6. The molecule has 4 heteroatoms. The Morgan fingerprint density at radius 2 is 1.90 bits per heavy atom. The summed E-state index contributed by atoms with van der Waals surface area (Å²) in [7, 11) is 0. The first kappa shape index (κ1) is 17.2. The number of nitrogens with two attached hydrogens (primary N) is 1. The summed E-state index contributed by atoms with van der Waals surface area (Å²) in [6.45, 7) is 8.82. The van der Waals surface area contributed by atoms with E-state index in [0.717, 1.165) is 23.0 Å². The van der Waals surface area contributed by atoms with Crippen LogP contribution in [0.1, 0.15) is 45.7 Å². The minimum atomic E-state index is -0.438. The summed E-state index contributed by atoms with van der Waals surface area (Å²) in [6.07, 6.45) is 0.922. The topological polar surface area (TPSA) is 46.3 Å². The average molecular weight is 341 g/mol. The van der Waals surface area contributed by atoms with Crippen LogP contribution in [0.5, 0.6) is 0 Å². The van der Waals surface area contributed by atoms with Crippen LogP contribution >= 0.6 is 15.9 Å². The molecule has 1 aromatic carbocycles. The largest absolute Gasteiger partial charge is 0.335 e. The van der Waals surface area contributed by atoms with Crippen molar-refractivity contribution in [3.05, 3.63) is 34.3 Å². The van der Waals surface area contributed by atoms with Crippen LogP contribution < -0.4 is 5.73 Å². The molecule has 2 unspecified atom stereocenters. The normalized spacial score (nSPS) is 14.2. The smallest absolute Gasteiger partial charge is 0.240 e. The molecule has 0 bridgehead atoms. The third-order valence-corrected chi connectivity index (χ3v) is 4.30. The van der Waals surface area contributed by atoms with E-state index < -0.39 is 6.04 Å². The van der Waals surface area contributed by atoms with E-state index in [1.807, 2.05) is 43.0 Å². The molecule has 0 heterocycles. The summed E-state index contributed by atoms with van der Waals surface area (Å²) in [5.74, 6) is 0.179. The van der Waals surface area contributed by atoms with Crippen LogP contribution in [-0.2, 0) is 4.79 Å². The molecule has 1 rings (SSSR count). The number of hydrogen-bond acceptors (Lipinski definition) is 2. The third-order valence-electron chi connectivity index (χ3n) is 3.57.